The van der Waals surface area contributed by atoms with E-state index in [9.17, 15) is 9.59 Å². The van der Waals surface area contributed by atoms with Gasteiger partial charge in [0, 0.05) is 32.7 Å². The van der Waals surface area contributed by atoms with Crippen LogP contribution in [0.15, 0.2) is 0 Å². The summed E-state index contributed by atoms with van der Waals surface area (Å²) in [7, 11) is 0. The molecule has 7 heteroatoms. The highest BCUT2D eigenvalue weighted by molar-refractivity contribution is 5.82. The molecule has 0 bridgehead atoms. The molecule has 0 aliphatic carbocycles. The Morgan fingerprint density at radius 1 is 1.29 bits per heavy atom. The monoisotopic (exact) mass is 245 g/mol. The Balaban J connectivity index is 2.33. The number of rotatable bonds is 4. The van der Waals surface area contributed by atoms with E-state index in [0.717, 1.165) is 0 Å². The van der Waals surface area contributed by atoms with Crippen molar-refractivity contribution in [3.63, 3.8) is 0 Å². The molecule has 0 spiro atoms. The molecule has 1 aliphatic heterocycles. The molecular weight excluding hydrogens is 226 g/mol. The lowest BCUT2D eigenvalue weighted by Crippen LogP contribution is -2.54. The molecule has 3 N–H and O–H groups in total. The first kappa shape index (κ1) is 13.7. The topological polar surface area (TPSA) is 93.1 Å². The number of β-amino-alcohol motifs (C(OH)–C–C–N with tert-alkyl or cyclic N) is 1. The summed E-state index contributed by atoms with van der Waals surface area (Å²) in [4.78, 5) is 25.9. The van der Waals surface area contributed by atoms with Gasteiger partial charge in [-0.15, -0.1) is 0 Å². The van der Waals surface area contributed by atoms with Crippen LogP contribution in [-0.4, -0.2) is 77.4 Å². The molecular formula is C10H19N3O4. The van der Waals surface area contributed by atoms with E-state index >= 15 is 0 Å². The molecule has 1 atom stereocenters. The number of urea groups is 1. The third-order valence-corrected chi connectivity index (χ3v) is 2.79. The van der Waals surface area contributed by atoms with E-state index in [-0.39, 0.29) is 12.6 Å². The number of aliphatic carboxylic acids is 1. The number of hydrogen-bond acceptors (Lipinski definition) is 4. The number of amides is 2. The summed E-state index contributed by atoms with van der Waals surface area (Å²) in [6.45, 7) is 4.67. The van der Waals surface area contributed by atoms with Crippen LogP contribution in [-0.2, 0) is 4.79 Å². The lowest BCUT2D eigenvalue weighted by atomic mass is 10.3. The second kappa shape index (κ2) is 6.41. The highest BCUT2D eigenvalue weighted by Gasteiger charge is 2.23. The van der Waals surface area contributed by atoms with Crippen molar-refractivity contribution in [1.82, 2.24) is 15.1 Å². The molecule has 1 fully saturated rings. The predicted molar refractivity (Wildman–Crippen MR) is 60.7 cm³/mol. The Labute approximate surface area is 100.0 Å². The van der Waals surface area contributed by atoms with E-state index in [2.05, 4.69) is 10.2 Å². The maximum Gasteiger partial charge on any atom is 0.325 e. The van der Waals surface area contributed by atoms with Crippen molar-refractivity contribution in [3.8, 4) is 0 Å². The van der Waals surface area contributed by atoms with Gasteiger partial charge in [0.1, 0.15) is 6.04 Å². The van der Waals surface area contributed by atoms with Crippen LogP contribution in [0.1, 0.15) is 6.92 Å². The number of hydrogen-bond donors (Lipinski definition) is 3. The Hall–Kier alpha value is -1.34. The van der Waals surface area contributed by atoms with Crippen molar-refractivity contribution in [2.45, 2.75) is 13.0 Å². The fourth-order valence-electron chi connectivity index (χ4n) is 1.65. The lowest BCUT2D eigenvalue weighted by Gasteiger charge is -2.34. The summed E-state index contributed by atoms with van der Waals surface area (Å²) in [5.74, 6) is -1.04. The average Bonchev–Trinajstić information content (AvgIpc) is 2.30. The number of nitrogens with one attached hydrogen (secondary N) is 1. The summed E-state index contributed by atoms with van der Waals surface area (Å²) in [6, 6.07) is -1.22. The molecule has 98 valence electrons. The number of piperazine rings is 1. The third-order valence-electron chi connectivity index (χ3n) is 2.79. The minimum atomic E-state index is -1.04. The zero-order chi connectivity index (χ0) is 12.8. The number of carboxylic acid groups (broad SMARTS) is 1. The third kappa shape index (κ3) is 4.20. The summed E-state index contributed by atoms with van der Waals surface area (Å²) in [6.07, 6.45) is 0. The Bertz CT molecular complexity index is 277. The number of carbonyl (C=O) groups excluding carboxylic acids is 1. The number of carbonyl (C=O) groups is 2. The van der Waals surface area contributed by atoms with Crippen molar-refractivity contribution in [2.75, 3.05) is 39.3 Å². The quantitative estimate of drug-likeness (QED) is 0.577. The molecule has 0 radical (unpaired) electrons. The maximum absolute atomic E-state index is 11.7. The van der Waals surface area contributed by atoms with Crippen LogP contribution in [0.2, 0.25) is 0 Å². The molecule has 0 aromatic heterocycles. The van der Waals surface area contributed by atoms with Crippen molar-refractivity contribution < 1.29 is 19.8 Å². The fourth-order valence-corrected chi connectivity index (χ4v) is 1.65. The van der Waals surface area contributed by atoms with Gasteiger partial charge in [-0.1, -0.05) is 0 Å². The number of aliphatic hydroxyl groups is 1. The minimum absolute atomic E-state index is 0.113. The van der Waals surface area contributed by atoms with Crippen LogP contribution < -0.4 is 5.32 Å². The average molecular weight is 245 g/mol. The van der Waals surface area contributed by atoms with E-state index in [1.54, 1.807) is 4.90 Å². The van der Waals surface area contributed by atoms with Crippen molar-refractivity contribution in [1.29, 1.82) is 0 Å². The number of aliphatic hydroxyl groups excluding tert-OH is 1. The van der Waals surface area contributed by atoms with Gasteiger partial charge in [-0.3, -0.25) is 9.69 Å². The second-order valence-corrected chi connectivity index (χ2v) is 4.06. The van der Waals surface area contributed by atoms with E-state index in [0.29, 0.717) is 32.7 Å². The molecule has 0 aromatic rings. The summed E-state index contributed by atoms with van der Waals surface area (Å²) in [5, 5.41) is 19.9. The molecule has 1 heterocycles. The van der Waals surface area contributed by atoms with Gasteiger partial charge < -0.3 is 20.4 Å². The van der Waals surface area contributed by atoms with Crippen LogP contribution in [0.3, 0.4) is 0 Å². The highest BCUT2D eigenvalue weighted by atomic mass is 16.4. The first-order valence-electron chi connectivity index (χ1n) is 5.66. The normalized spacial score (nSPS) is 18.8. The van der Waals surface area contributed by atoms with Crippen LogP contribution in [0.5, 0.6) is 0 Å². The summed E-state index contributed by atoms with van der Waals surface area (Å²) >= 11 is 0. The molecule has 0 unspecified atom stereocenters. The predicted octanol–water partition coefficient (Wildman–Crippen LogP) is -1.22. The zero-order valence-corrected chi connectivity index (χ0v) is 9.93. The van der Waals surface area contributed by atoms with E-state index in [4.69, 9.17) is 10.2 Å². The smallest absolute Gasteiger partial charge is 0.325 e. The molecule has 1 aliphatic rings. The van der Waals surface area contributed by atoms with Crippen molar-refractivity contribution in [3.05, 3.63) is 0 Å². The Morgan fingerprint density at radius 2 is 1.88 bits per heavy atom. The zero-order valence-electron chi connectivity index (χ0n) is 9.93. The minimum Gasteiger partial charge on any atom is -0.480 e. The van der Waals surface area contributed by atoms with Gasteiger partial charge in [0.15, 0.2) is 0 Å². The molecule has 1 rings (SSSR count). The summed E-state index contributed by atoms with van der Waals surface area (Å²) < 4.78 is 0. The van der Waals surface area contributed by atoms with Gasteiger partial charge in [0.2, 0.25) is 0 Å². The van der Waals surface area contributed by atoms with E-state index < -0.39 is 12.0 Å². The molecule has 17 heavy (non-hydrogen) atoms. The molecule has 0 aromatic carbocycles. The summed E-state index contributed by atoms with van der Waals surface area (Å²) in [5.41, 5.74) is 0. The van der Waals surface area contributed by atoms with Gasteiger partial charge in [0.05, 0.1) is 6.61 Å². The standard InChI is InChI=1S/C10H19N3O4/c1-8(9(15)16)11-10(17)13-4-2-12(3-5-13)6-7-14/h8,14H,2-7H2,1H3,(H,11,17)(H,15,16)/t8-/m1/s1. The highest BCUT2D eigenvalue weighted by Crippen LogP contribution is 2.01. The molecule has 2 amide bonds. The van der Waals surface area contributed by atoms with Gasteiger partial charge >= 0.3 is 12.0 Å². The largest absolute Gasteiger partial charge is 0.480 e. The molecule has 1 saturated heterocycles. The van der Waals surface area contributed by atoms with Crippen molar-refractivity contribution >= 4 is 12.0 Å². The number of nitrogens with zero attached hydrogens (tertiary/aromatic N) is 2. The lowest BCUT2D eigenvalue weighted by molar-refractivity contribution is -0.138. The van der Waals surface area contributed by atoms with Crippen molar-refractivity contribution in [2.24, 2.45) is 0 Å². The van der Waals surface area contributed by atoms with Gasteiger partial charge in [-0.05, 0) is 6.92 Å². The molecule has 7 nitrogen and oxygen atoms in total. The van der Waals surface area contributed by atoms with Gasteiger partial charge in [-0.2, -0.15) is 0 Å². The molecule has 0 saturated carbocycles. The van der Waals surface area contributed by atoms with Crippen LogP contribution in [0, 0.1) is 0 Å². The van der Waals surface area contributed by atoms with Crippen LogP contribution in [0.4, 0.5) is 4.79 Å². The van der Waals surface area contributed by atoms with E-state index in [1.807, 2.05) is 0 Å². The van der Waals surface area contributed by atoms with Crippen LogP contribution in [0.25, 0.3) is 0 Å². The van der Waals surface area contributed by atoms with Gasteiger partial charge in [0.25, 0.3) is 0 Å². The van der Waals surface area contributed by atoms with Crippen LogP contribution >= 0.6 is 0 Å². The first-order valence-corrected chi connectivity index (χ1v) is 5.66. The van der Waals surface area contributed by atoms with E-state index in [1.165, 1.54) is 6.92 Å². The SMILES string of the molecule is C[C@@H](NC(=O)N1CCN(CCO)CC1)C(=O)O. The second-order valence-electron chi connectivity index (χ2n) is 4.06. The first-order chi connectivity index (χ1) is 8.04. The number of carboxylic acids is 1. The Morgan fingerprint density at radius 3 is 2.35 bits per heavy atom. The Kier molecular flexibility index (Phi) is 5.17. The fraction of sp³-hybridized carbons (Fsp3) is 0.800. The van der Waals surface area contributed by atoms with Gasteiger partial charge in [-0.25, -0.2) is 4.79 Å². The maximum atomic E-state index is 11.7.